The molecule has 4 rings (SSSR count). The Morgan fingerprint density at radius 1 is 1.29 bits per heavy atom. The third kappa shape index (κ3) is 2.12. The highest BCUT2D eigenvalue weighted by Crippen LogP contribution is 2.40. The van der Waals surface area contributed by atoms with Crippen molar-refractivity contribution in [2.75, 3.05) is 33.2 Å². The van der Waals surface area contributed by atoms with Crippen molar-refractivity contribution in [1.82, 2.24) is 20.0 Å². The summed E-state index contributed by atoms with van der Waals surface area (Å²) in [5, 5.41) is 7.97. The van der Waals surface area contributed by atoms with Crippen LogP contribution in [0.3, 0.4) is 0 Å². The van der Waals surface area contributed by atoms with Crippen molar-refractivity contribution in [3.05, 3.63) is 30.0 Å². The van der Waals surface area contributed by atoms with E-state index >= 15 is 0 Å². The summed E-state index contributed by atoms with van der Waals surface area (Å²) in [6.45, 7) is 4.14. The summed E-state index contributed by atoms with van der Waals surface area (Å²) in [4.78, 5) is 16.9. The monoisotopic (exact) mass is 284 g/mol. The fraction of sp³-hybridized carbons (Fsp3) is 0.500. The standard InChI is InChI=1S/C16H20N4O/c1-19-6-4-16(5-7-19)10-20(11-16)15(21)12-2-3-13-9-17-18-14(13)8-12/h2-3,8-9H,4-7,10-11H2,1H3,(H,17,18). The van der Waals surface area contributed by atoms with Gasteiger partial charge in [-0.2, -0.15) is 5.10 Å². The third-order valence-electron chi connectivity index (χ3n) is 5.08. The minimum Gasteiger partial charge on any atom is -0.337 e. The minimum atomic E-state index is 0.149. The number of carbonyl (C=O) groups excluding carboxylic acids is 1. The maximum absolute atomic E-state index is 12.6. The number of hydrogen-bond acceptors (Lipinski definition) is 3. The average Bonchev–Trinajstić information content (AvgIpc) is 2.92. The van der Waals surface area contributed by atoms with Crippen LogP contribution in [0.25, 0.3) is 10.9 Å². The molecular formula is C16H20N4O. The van der Waals surface area contributed by atoms with Crippen LogP contribution in [0.1, 0.15) is 23.2 Å². The summed E-state index contributed by atoms with van der Waals surface area (Å²) in [6, 6.07) is 5.77. The number of rotatable bonds is 1. The molecule has 2 saturated heterocycles. The van der Waals surface area contributed by atoms with E-state index < -0.39 is 0 Å². The number of piperidine rings is 1. The maximum Gasteiger partial charge on any atom is 0.253 e. The van der Waals surface area contributed by atoms with Crippen LogP contribution in [0.15, 0.2) is 24.4 Å². The first kappa shape index (κ1) is 12.8. The lowest BCUT2D eigenvalue weighted by atomic mass is 9.72. The Kier molecular flexibility index (Phi) is 2.79. The van der Waals surface area contributed by atoms with E-state index in [4.69, 9.17) is 0 Å². The maximum atomic E-state index is 12.6. The molecule has 5 heteroatoms. The van der Waals surface area contributed by atoms with E-state index in [0.717, 1.165) is 42.6 Å². The fourth-order valence-corrected chi connectivity index (χ4v) is 3.57. The van der Waals surface area contributed by atoms with E-state index in [1.807, 2.05) is 23.1 Å². The van der Waals surface area contributed by atoms with Crippen LogP contribution in [0.2, 0.25) is 0 Å². The molecule has 3 heterocycles. The quantitative estimate of drug-likeness (QED) is 0.867. The van der Waals surface area contributed by atoms with Gasteiger partial charge in [-0.25, -0.2) is 0 Å². The van der Waals surface area contributed by atoms with Crippen molar-refractivity contribution in [3.8, 4) is 0 Å². The Labute approximate surface area is 123 Å². The molecule has 0 bridgehead atoms. The summed E-state index contributed by atoms with van der Waals surface area (Å²) in [5.74, 6) is 0.149. The number of carbonyl (C=O) groups is 1. The first-order valence-corrected chi connectivity index (χ1v) is 7.56. The molecule has 1 amide bonds. The third-order valence-corrected chi connectivity index (χ3v) is 5.08. The molecule has 0 saturated carbocycles. The summed E-state index contributed by atoms with van der Waals surface area (Å²) < 4.78 is 0. The van der Waals surface area contributed by atoms with Crippen molar-refractivity contribution < 1.29 is 4.79 Å². The van der Waals surface area contributed by atoms with Gasteiger partial charge in [0.15, 0.2) is 0 Å². The molecule has 0 atom stereocenters. The highest BCUT2D eigenvalue weighted by atomic mass is 16.2. The largest absolute Gasteiger partial charge is 0.337 e. The molecule has 110 valence electrons. The Balaban J connectivity index is 1.47. The van der Waals surface area contributed by atoms with Crippen LogP contribution in [0, 0.1) is 5.41 Å². The lowest BCUT2D eigenvalue weighted by Crippen LogP contribution is -2.61. The number of hydrogen-bond donors (Lipinski definition) is 1. The topological polar surface area (TPSA) is 52.2 Å². The predicted octanol–water partition coefficient (Wildman–Crippen LogP) is 1.73. The van der Waals surface area contributed by atoms with Crippen LogP contribution in [0.4, 0.5) is 0 Å². The number of aromatic nitrogens is 2. The van der Waals surface area contributed by atoms with Crippen molar-refractivity contribution in [2.24, 2.45) is 5.41 Å². The first-order valence-electron chi connectivity index (χ1n) is 7.56. The van der Waals surface area contributed by atoms with Gasteiger partial charge in [-0.15, -0.1) is 0 Å². The van der Waals surface area contributed by atoms with E-state index in [1.54, 1.807) is 6.20 Å². The number of amides is 1. The molecule has 0 radical (unpaired) electrons. The van der Waals surface area contributed by atoms with Crippen LogP contribution in [-0.2, 0) is 0 Å². The average molecular weight is 284 g/mol. The molecule has 21 heavy (non-hydrogen) atoms. The van der Waals surface area contributed by atoms with Crippen molar-refractivity contribution in [2.45, 2.75) is 12.8 Å². The van der Waals surface area contributed by atoms with Gasteiger partial charge in [-0.05, 0) is 45.1 Å². The molecule has 5 nitrogen and oxygen atoms in total. The Morgan fingerprint density at radius 2 is 2.05 bits per heavy atom. The van der Waals surface area contributed by atoms with Crippen LogP contribution >= 0.6 is 0 Å². The predicted molar refractivity (Wildman–Crippen MR) is 81.2 cm³/mol. The Bertz CT molecular complexity index is 676. The molecule has 2 aliphatic heterocycles. The van der Waals surface area contributed by atoms with Gasteiger partial charge in [0.2, 0.25) is 0 Å². The van der Waals surface area contributed by atoms with Gasteiger partial charge in [0.05, 0.1) is 11.7 Å². The van der Waals surface area contributed by atoms with E-state index in [1.165, 1.54) is 12.8 Å². The van der Waals surface area contributed by atoms with Crippen molar-refractivity contribution >= 4 is 16.8 Å². The van der Waals surface area contributed by atoms with Crippen molar-refractivity contribution in [1.29, 1.82) is 0 Å². The second kappa shape index (κ2) is 4.56. The van der Waals surface area contributed by atoms with Gasteiger partial charge in [-0.3, -0.25) is 9.89 Å². The zero-order valence-electron chi connectivity index (χ0n) is 12.3. The molecular weight excluding hydrogens is 264 g/mol. The lowest BCUT2D eigenvalue weighted by molar-refractivity contribution is -0.0283. The fourth-order valence-electron chi connectivity index (χ4n) is 3.57. The van der Waals surface area contributed by atoms with E-state index in [9.17, 15) is 4.79 Å². The number of nitrogens with one attached hydrogen (secondary N) is 1. The normalized spacial score (nSPS) is 21.7. The van der Waals surface area contributed by atoms with Gasteiger partial charge in [0.1, 0.15) is 0 Å². The smallest absolute Gasteiger partial charge is 0.253 e. The van der Waals surface area contributed by atoms with Crippen molar-refractivity contribution in [3.63, 3.8) is 0 Å². The summed E-state index contributed by atoms with van der Waals surface area (Å²) in [6.07, 6.45) is 4.21. The molecule has 1 spiro atoms. The summed E-state index contributed by atoms with van der Waals surface area (Å²) in [5.41, 5.74) is 2.07. The number of aromatic amines is 1. The van der Waals surface area contributed by atoms with E-state index in [2.05, 4.69) is 22.1 Å². The molecule has 2 aromatic rings. The zero-order chi connectivity index (χ0) is 14.4. The highest BCUT2D eigenvalue weighted by Gasteiger charge is 2.46. The first-order chi connectivity index (χ1) is 10.2. The molecule has 1 aromatic heterocycles. The Morgan fingerprint density at radius 3 is 2.81 bits per heavy atom. The zero-order valence-corrected chi connectivity index (χ0v) is 12.3. The van der Waals surface area contributed by atoms with Crippen LogP contribution in [0.5, 0.6) is 0 Å². The van der Waals surface area contributed by atoms with E-state index in [-0.39, 0.29) is 5.91 Å². The number of likely N-dealkylation sites (tertiary alicyclic amines) is 2. The molecule has 2 fully saturated rings. The van der Waals surface area contributed by atoms with Gasteiger partial charge in [0.25, 0.3) is 5.91 Å². The molecule has 1 aromatic carbocycles. The van der Waals surface area contributed by atoms with Crippen LogP contribution in [-0.4, -0.2) is 59.1 Å². The summed E-state index contributed by atoms with van der Waals surface area (Å²) >= 11 is 0. The molecule has 1 N–H and O–H groups in total. The van der Waals surface area contributed by atoms with Gasteiger partial charge < -0.3 is 9.80 Å². The Hall–Kier alpha value is -1.88. The molecule has 2 aliphatic rings. The van der Waals surface area contributed by atoms with Gasteiger partial charge >= 0.3 is 0 Å². The number of fused-ring (bicyclic) bond motifs is 1. The minimum absolute atomic E-state index is 0.149. The number of benzene rings is 1. The van der Waals surface area contributed by atoms with Gasteiger partial charge in [-0.1, -0.05) is 6.07 Å². The second-order valence-electron chi connectivity index (χ2n) is 6.64. The molecule has 0 unspecified atom stereocenters. The van der Waals surface area contributed by atoms with Crippen LogP contribution < -0.4 is 0 Å². The van der Waals surface area contributed by atoms with E-state index in [0.29, 0.717) is 5.41 Å². The van der Waals surface area contributed by atoms with Gasteiger partial charge in [0, 0.05) is 29.5 Å². The lowest BCUT2D eigenvalue weighted by Gasteiger charge is -2.53. The summed E-state index contributed by atoms with van der Waals surface area (Å²) in [7, 11) is 2.17. The molecule has 0 aliphatic carbocycles. The SMILES string of the molecule is CN1CCC2(CC1)CN(C(=O)c1ccc3cn[nH]c3c1)C2. The number of H-pyrrole nitrogens is 1. The highest BCUT2D eigenvalue weighted by molar-refractivity contribution is 5.98. The number of nitrogens with zero attached hydrogens (tertiary/aromatic N) is 3. The second-order valence-corrected chi connectivity index (χ2v) is 6.64.